The average molecular weight is 393 g/mol. The fourth-order valence-electron chi connectivity index (χ4n) is 2.63. The zero-order valence-corrected chi connectivity index (χ0v) is 15.1. The van der Waals surface area contributed by atoms with Gasteiger partial charge in [-0.25, -0.2) is 9.78 Å². The molecule has 2 heterocycles. The first-order valence-corrected chi connectivity index (χ1v) is 8.37. The van der Waals surface area contributed by atoms with Crippen LogP contribution in [0.5, 0.6) is 0 Å². The van der Waals surface area contributed by atoms with Crippen LogP contribution >= 0.6 is 23.2 Å². The third-order valence-corrected chi connectivity index (χ3v) is 4.58. The molecule has 0 aliphatic carbocycles. The molecule has 2 N–H and O–H groups in total. The van der Waals surface area contributed by atoms with E-state index in [4.69, 9.17) is 23.2 Å². The average Bonchev–Trinajstić information content (AvgIpc) is 2.82. The lowest BCUT2D eigenvalue weighted by atomic mass is 9.92. The van der Waals surface area contributed by atoms with Crippen molar-refractivity contribution in [1.29, 1.82) is 0 Å². The molecule has 0 unspecified atom stereocenters. The van der Waals surface area contributed by atoms with E-state index in [-0.39, 0.29) is 5.15 Å². The van der Waals surface area contributed by atoms with Crippen molar-refractivity contribution >= 4 is 46.7 Å². The zero-order chi connectivity index (χ0) is 18.9. The van der Waals surface area contributed by atoms with Gasteiger partial charge in [0.05, 0.1) is 5.69 Å². The van der Waals surface area contributed by atoms with Crippen LogP contribution in [0.4, 0.5) is 10.5 Å². The van der Waals surface area contributed by atoms with Crippen molar-refractivity contribution in [3.8, 4) is 0 Å². The third kappa shape index (κ3) is 3.36. The molecular weight excluding hydrogens is 379 g/mol. The number of nitrogens with one attached hydrogen (secondary N) is 2. The van der Waals surface area contributed by atoms with Gasteiger partial charge in [-0.3, -0.25) is 14.5 Å². The largest absolute Gasteiger partial charge is 0.325 e. The summed E-state index contributed by atoms with van der Waals surface area (Å²) >= 11 is 11.7. The van der Waals surface area contributed by atoms with Gasteiger partial charge in [0, 0.05) is 11.2 Å². The van der Waals surface area contributed by atoms with Gasteiger partial charge in [0.2, 0.25) is 5.91 Å². The minimum Gasteiger partial charge on any atom is -0.322 e. The molecular formula is C17H14Cl2N4O3. The number of carbonyl (C=O) groups is 3. The Hall–Kier alpha value is -2.64. The van der Waals surface area contributed by atoms with Crippen LogP contribution in [0, 0.1) is 0 Å². The van der Waals surface area contributed by atoms with E-state index in [1.165, 1.54) is 6.20 Å². The van der Waals surface area contributed by atoms with E-state index in [1.54, 1.807) is 43.3 Å². The summed E-state index contributed by atoms with van der Waals surface area (Å²) in [6.07, 6.45) is 1.48. The molecule has 7 nitrogen and oxygen atoms in total. The molecule has 1 aliphatic heterocycles. The van der Waals surface area contributed by atoms with Crippen LogP contribution in [0.3, 0.4) is 0 Å². The second-order valence-electron chi connectivity index (χ2n) is 5.84. The van der Waals surface area contributed by atoms with Gasteiger partial charge >= 0.3 is 6.03 Å². The summed E-state index contributed by atoms with van der Waals surface area (Å²) in [5, 5.41) is 5.78. The van der Waals surface area contributed by atoms with Gasteiger partial charge in [-0.05, 0) is 36.8 Å². The summed E-state index contributed by atoms with van der Waals surface area (Å²) < 4.78 is 0. The highest BCUT2D eigenvalue weighted by Gasteiger charge is 2.49. The second kappa shape index (κ2) is 6.93. The monoisotopic (exact) mass is 392 g/mol. The smallest absolute Gasteiger partial charge is 0.322 e. The Bertz CT molecular complexity index is 888. The van der Waals surface area contributed by atoms with Crippen molar-refractivity contribution in [1.82, 2.24) is 15.2 Å². The standard InChI is InChI=1S/C17H14Cl2N4O3/c1-17(10-4-6-11(18)7-5-10)15(25)23(16(26)22-17)9-13(24)21-12-3-2-8-20-14(12)19/h2-8H,9H2,1H3,(H,21,24)(H,22,26)/t17-/m0/s1. The molecule has 0 spiro atoms. The first-order chi connectivity index (χ1) is 12.3. The lowest BCUT2D eigenvalue weighted by Gasteiger charge is -2.22. The Morgan fingerprint density at radius 1 is 1.23 bits per heavy atom. The molecule has 1 aliphatic rings. The molecule has 134 valence electrons. The Morgan fingerprint density at radius 2 is 1.92 bits per heavy atom. The SMILES string of the molecule is C[C@@]1(c2ccc(Cl)cc2)NC(=O)N(CC(=O)Nc2cccnc2Cl)C1=O. The molecule has 0 bridgehead atoms. The fourth-order valence-corrected chi connectivity index (χ4v) is 2.92. The highest BCUT2D eigenvalue weighted by atomic mass is 35.5. The van der Waals surface area contributed by atoms with E-state index in [0.717, 1.165) is 4.90 Å². The maximum Gasteiger partial charge on any atom is 0.325 e. The number of anilines is 1. The lowest BCUT2D eigenvalue weighted by Crippen LogP contribution is -2.42. The van der Waals surface area contributed by atoms with Crippen LogP contribution in [0.15, 0.2) is 42.6 Å². The lowest BCUT2D eigenvalue weighted by molar-refractivity contribution is -0.133. The van der Waals surface area contributed by atoms with Crippen LogP contribution in [0.1, 0.15) is 12.5 Å². The number of amides is 4. The van der Waals surface area contributed by atoms with Gasteiger partial charge in [0.15, 0.2) is 5.15 Å². The van der Waals surface area contributed by atoms with Crippen molar-refractivity contribution in [3.05, 3.63) is 58.3 Å². The van der Waals surface area contributed by atoms with Gasteiger partial charge in [-0.15, -0.1) is 0 Å². The van der Waals surface area contributed by atoms with Crippen LogP contribution in [0.25, 0.3) is 0 Å². The van der Waals surface area contributed by atoms with Crippen molar-refractivity contribution in [2.24, 2.45) is 0 Å². The number of carbonyl (C=O) groups excluding carboxylic acids is 3. The van der Waals surface area contributed by atoms with Crippen molar-refractivity contribution in [2.45, 2.75) is 12.5 Å². The third-order valence-electron chi connectivity index (χ3n) is 4.03. The molecule has 0 radical (unpaired) electrons. The molecule has 1 aromatic heterocycles. The maximum atomic E-state index is 12.8. The minimum atomic E-state index is -1.27. The molecule has 1 saturated heterocycles. The highest BCUT2D eigenvalue weighted by Crippen LogP contribution is 2.29. The second-order valence-corrected chi connectivity index (χ2v) is 6.64. The van der Waals surface area contributed by atoms with Gasteiger partial charge in [-0.2, -0.15) is 0 Å². The predicted molar refractivity (Wildman–Crippen MR) is 96.9 cm³/mol. The topological polar surface area (TPSA) is 91.4 Å². The summed E-state index contributed by atoms with van der Waals surface area (Å²) in [6.45, 7) is 1.13. The van der Waals surface area contributed by atoms with Crippen molar-refractivity contribution in [2.75, 3.05) is 11.9 Å². The van der Waals surface area contributed by atoms with Crippen LogP contribution in [0.2, 0.25) is 10.2 Å². The van der Waals surface area contributed by atoms with E-state index in [0.29, 0.717) is 16.3 Å². The maximum absolute atomic E-state index is 12.8. The molecule has 9 heteroatoms. The Labute approximate surface area is 159 Å². The van der Waals surface area contributed by atoms with Crippen molar-refractivity contribution in [3.63, 3.8) is 0 Å². The molecule has 4 amide bonds. The predicted octanol–water partition coefficient (Wildman–Crippen LogP) is 2.79. The highest BCUT2D eigenvalue weighted by molar-refractivity contribution is 6.32. The Balaban J connectivity index is 1.76. The summed E-state index contributed by atoms with van der Waals surface area (Å²) in [5.41, 5.74) is -0.404. The molecule has 1 fully saturated rings. The van der Waals surface area contributed by atoms with Crippen molar-refractivity contribution < 1.29 is 14.4 Å². The zero-order valence-electron chi connectivity index (χ0n) is 13.6. The molecule has 1 aromatic carbocycles. The number of hydrogen-bond donors (Lipinski definition) is 2. The van der Waals surface area contributed by atoms with Crippen LogP contribution in [-0.2, 0) is 15.1 Å². The van der Waals surface area contributed by atoms with Crippen LogP contribution < -0.4 is 10.6 Å². The minimum absolute atomic E-state index is 0.115. The molecule has 3 rings (SSSR count). The van der Waals surface area contributed by atoms with E-state index in [1.807, 2.05) is 0 Å². The number of halogens is 2. The summed E-state index contributed by atoms with van der Waals surface area (Å²) in [5.74, 6) is -1.10. The number of benzene rings is 1. The molecule has 1 atom stereocenters. The summed E-state index contributed by atoms with van der Waals surface area (Å²) in [4.78, 5) is 41.9. The molecule has 2 aromatic rings. The van der Waals surface area contributed by atoms with Crippen LogP contribution in [-0.4, -0.2) is 34.3 Å². The van der Waals surface area contributed by atoms with E-state index in [2.05, 4.69) is 15.6 Å². The number of pyridine rings is 1. The normalized spacial score (nSPS) is 19.4. The van der Waals surface area contributed by atoms with Gasteiger partial charge in [0.1, 0.15) is 12.1 Å². The van der Waals surface area contributed by atoms with Gasteiger partial charge < -0.3 is 10.6 Å². The number of nitrogens with zero attached hydrogens (tertiary/aromatic N) is 2. The Morgan fingerprint density at radius 3 is 2.58 bits per heavy atom. The van der Waals surface area contributed by atoms with E-state index < -0.39 is 29.9 Å². The number of hydrogen-bond acceptors (Lipinski definition) is 4. The number of urea groups is 1. The fraction of sp³-hybridized carbons (Fsp3) is 0.176. The first kappa shape index (κ1) is 18.2. The number of rotatable bonds is 4. The molecule has 0 saturated carbocycles. The number of aromatic nitrogens is 1. The van der Waals surface area contributed by atoms with Gasteiger partial charge in [-0.1, -0.05) is 35.3 Å². The summed E-state index contributed by atoms with van der Waals surface area (Å²) in [6, 6.07) is 9.07. The first-order valence-electron chi connectivity index (χ1n) is 7.62. The quantitative estimate of drug-likeness (QED) is 0.617. The number of imide groups is 1. The Kier molecular flexibility index (Phi) is 4.84. The van der Waals surface area contributed by atoms with E-state index >= 15 is 0 Å². The molecule has 26 heavy (non-hydrogen) atoms. The van der Waals surface area contributed by atoms with Gasteiger partial charge in [0.25, 0.3) is 5.91 Å². The van der Waals surface area contributed by atoms with E-state index in [9.17, 15) is 14.4 Å². The summed E-state index contributed by atoms with van der Waals surface area (Å²) in [7, 11) is 0.